The number of hydrogen-bond acceptors (Lipinski definition) is 4. The molecule has 2 unspecified atom stereocenters. The van der Waals surface area contributed by atoms with Gasteiger partial charge in [0.25, 0.3) is 0 Å². The van der Waals surface area contributed by atoms with Gasteiger partial charge >= 0.3 is 0 Å². The lowest BCUT2D eigenvalue weighted by Crippen LogP contribution is -2.47. The van der Waals surface area contributed by atoms with Gasteiger partial charge in [-0.1, -0.05) is 12.1 Å². The molecule has 6 rings (SSSR count). The van der Waals surface area contributed by atoms with Gasteiger partial charge < -0.3 is 14.2 Å². The molecule has 1 saturated carbocycles. The molecule has 0 amide bonds. The van der Waals surface area contributed by atoms with Gasteiger partial charge in [0, 0.05) is 11.1 Å². The van der Waals surface area contributed by atoms with Crippen molar-refractivity contribution in [3.63, 3.8) is 0 Å². The van der Waals surface area contributed by atoms with Crippen molar-refractivity contribution in [1.29, 1.82) is 0 Å². The number of methoxy groups -OCH3 is 2. The molecular weight excluding hydrogens is 290 g/mol. The average molecular weight is 309 g/mol. The molecule has 3 aliphatic carbocycles. The van der Waals surface area contributed by atoms with Gasteiger partial charge in [-0.2, -0.15) is 0 Å². The predicted molar refractivity (Wildman–Crippen MR) is 84.9 cm³/mol. The molecule has 0 radical (unpaired) electrons. The molecular formula is C19H19NO3. The zero-order valence-electron chi connectivity index (χ0n) is 13.6. The van der Waals surface area contributed by atoms with Crippen LogP contribution in [-0.2, 0) is 16.6 Å². The van der Waals surface area contributed by atoms with E-state index in [0.717, 1.165) is 30.1 Å². The first-order chi connectivity index (χ1) is 11.2. The van der Waals surface area contributed by atoms with Gasteiger partial charge in [0.05, 0.1) is 25.7 Å². The van der Waals surface area contributed by atoms with E-state index in [1.807, 2.05) is 0 Å². The fraction of sp³-hybridized carbons (Fsp3) is 0.474. The van der Waals surface area contributed by atoms with Crippen molar-refractivity contribution in [3.05, 3.63) is 46.7 Å². The SMILES string of the molecule is COC1=CC=C2[C@H]3N(C)C34Cc3ccc(OC)c5c3[C@@]2(C4)[C@@H]1O5. The van der Waals surface area contributed by atoms with Gasteiger partial charge in [0.1, 0.15) is 5.76 Å². The van der Waals surface area contributed by atoms with Crippen LogP contribution in [0.3, 0.4) is 0 Å². The Labute approximate surface area is 135 Å². The predicted octanol–water partition coefficient (Wildman–Crippen LogP) is 2.18. The summed E-state index contributed by atoms with van der Waals surface area (Å²) in [4.78, 5) is 2.54. The van der Waals surface area contributed by atoms with E-state index in [4.69, 9.17) is 14.2 Å². The summed E-state index contributed by atoms with van der Waals surface area (Å²) in [7, 11) is 5.72. The first-order valence-electron chi connectivity index (χ1n) is 8.23. The van der Waals surface area contributed by atoms with Crippen molar-refractivity contribution in [3.8, 4) is 11.5 Å². The fourth-order valence-corrected chi connectivity index (χ4v) is 6.01. The fourth-order valence-electron chi connectivity index (χ4n) is 6.01. The summed E-state index contributed by atoms with van der Waals surface area (Å²) in [6.45, 7) is 0. The summed E-state index contributed by atoms with van der Waals surface area (Å²) in [6, 6.07) is 4.84. The summed E-state index contributed by atoms with van der Waals surface area (Å²) < 4.78 is 17.7. The monoisotopic (exact) mass is 309 g/mol. The number of nitrogens with zero attached hydrogens (tertiary/aromatic N) is 1. The molecule has 2 bridgehead atoms. The Morgan fingerprint density at radius 3 is 2.87 bits per heavy atom. The Hall–Kier alpha value is -1.94. The van der Waals surface area contributed by atoms with Crippen LogP contribution < -0.4 is 9.47 Å². The zero-order chi connectivity index (χ0) is 15.6. The molecule has 2 fully saturated rings. The first kappa shape index (κ1) is 12.5. The van der Waals surface area contributed by atoms with Crippen molar-refractivity contribution in [2.45, 2.75) is 35.9 Å². The normalized spacial score (nSPS) is 43.0. The molecule has 4 nitrogen and oxygen atoms in total. The number of rotatable bonds is 2. The van der Waals surface area contributed by atoms with E-state index in [1.54, 1.807) is 14.2 Å². The number of benzene rings is 1. The van der Waals surface area contributed by atoms with E-state index in [1.165, 1.54) is 16.7 Å². The number of hydrogen-bond donors (Lipinski definition) is 0. The van der Waals surface area contributed by atoms with Crippen LogP contribution in [0.2, 0.25) is 0 Å². The minimum absolute atomic E-state index is 0.0454. The Kier molecular flexibility index (Phi) is 1.86. The molecule has 2 heterocycles. The number of piperidine rings is 1. The average Bonchev–Trinajstić information content (AvgIpc) is 2.88. The van der Waals surface area contributed by atoms with Crippen molar-refractivity contribution in [2.75, 3.05) is 21.3 Å². The minimum atomic E-state index is -0.0469. The lowest BCUT2D eigenvalue weighted by atomic mass is 9.64. The van der Waals surface area contributed by atoms with Gasteiger partial charge in [-0.3, -0.25) is 4.90 Å². The van der Waals surface area contributed by atoms with Gasteiger partial charge in [-0.15, -0.1) is 0 Å². The van der Waals surface area contributed by atoms with Crippen LogP contribution in [-0.4, -0.2) is 43.9 Å². The molecule has 118 valence electrons. The molecule has 0 N–H and O–H groups in total. The molecule has 1 aromatic carbocycles. The van der Waals surface area contributed by atoms with Crippen molar-refractivity contribution >= 4 is 0 Å². The summed E-state index contributed by atoms with van der Waals surface area (Å²) >= 11 is 0. The number of allylic oxidation sites excluding steroid dienone is 2. The van der Waals surface area contributed by atoms with E-state index < -0.39 is 0 Å². The van der Waals surface area contributed by atoms with E-state index in [9.17, 15) is 0 Å². The third kappa shape index (κ3) is 1.05. The second kappa shape index (κ2) is 3.44. The van der Waals surface area contributed by atoms with E-state index in [0.29, 0.717) is 6.04 Å². The Morgan fingerprint density at radius 2 is 2.09 bits per heavy atom. The molecule has 5 aliphatic rings. The maximum atomic E-state index is 6.47. The van der Waals surface area contributed by atoms with Gasteiger partial charge in [0.2, 0.25) is 0 Å². The highest BCUT2D eigenvalue weighted by atomic mass is 16.6. The molecule has 23 heavy (non-hydrogen) atoms. The Bertz CT molecular complexity index is 841. The molecule has 5 atom stereocenters. The second-order valence-electron chi connectivity index (χ2n) is 7.47. The zero-order valence-corrected chi connectivity index (χ0v) is 13.6. The summed E-state index contributed by atoms with van der Waals surface area (Å²) in [5, 5.41) is 0. The summed E-state index contributed by atoms with van der Waals surface area (Å²) in [6.07, 6.45) is 6.59. The lowest BCUT2D eigenvalue weighted by molar-refractivity contribution is 0.105. The first-order valence-corrected chi connectivity index (χ1v) is 8.23. The van der Waals surface area contributed by atoms with E-state index >= 15 is 0 Å². The van der Waals surface area contributed by atoms with Crippen molar-refractivity contribution in [2.24, 2.45) is 0 Å². The molecule has 2 aliphatic heterocycles. The molecule has 2 spiro atoms. The topological polar surface area (TPSA) is 30.7 Å². The van der Waals surface area contributed by atoms with Crippen molar-refractivity contribution < 1.29 is 14.2 Å². The third-order valence-electron chi connectivity index (χ3n) is 6.90. The molecule has 4 heteroatoms. The van der Waals surface area contributed by atoms with Crippen LogP contribution in [0.25, 0.3) is 0 Å². The lowest BCUT2D eigenvalue weighted by Gasteiger charge is -2.41. The van der Waals surface area contributed by atoms with E-state index in [2.05, 4.69) is 36.2 Å². The highest BCUT2D eigenvalue weighted by Crippen LogP contribution is 2.74. The summed E-state index contributed by atoms with van der Waals surface area (Å²) in [5.74, 6) is 2.70. The smallest absolute Gasteiger partial charge is 0.169 e. The number of ether oxygens (including phenoxy) is 3. The van der Waals surface area contributed by atoms with Crippen LogP contribution in [0.15, 0.2) is 35.6 Å². The van der Waals surface area contributed by atoms with Crippen LogP contribution in [0.1, 0.15) is 17.5 Å². The molecule has 1 saturated heterocycles. The van der Waals surface area contributed by atoms with Crippen molar-refractivity contribution in [1.82, 2.24) is 4.90 Å². The van der Waals surface area contributed by atoms with Crippen LogP contribution in [0.4, 0.5) is 0 Å². The number of fused-ring (bicyclic) bond motifs is 1. The molecule has 0 aromatic heterocycles. The maximum absolute atomic E-state index is 6.47. The van der Waals surface area contributed by atoms with Gasteiger partial charge in [0.15, 0.2) is 17.6 Å². The van der Waals surface area contributed by atoms with Gasteiger partial charge in [-0.25, -0.2) is 0 Å². The maximum Gasteiger partial charge on any atom is 0.169 e. The quantitative estimate of drug-likeness (QED) is 0.784. The van der Waals surface area contributed by atoms with Crippen LogP contribution in [0.5, 0.6) is 11.5 Å². The third-order valence-corrected chi connectivity index (χ3v) is 6.90. The minimum Gasteiger partial charge on any atom is -0.497 e. The molecule has 1 aromatic rings. The second-order valence-corrected chi connectivity index (χ2v) is 7.47. The summed E-state index contributed by atoms with van der Waals surface area (Å²) in [5.41, 5.74) is 4.53. The largest absolute Gasteiger partial charge is 0.497 e. The van der Waals surface area contributed by atoms with E-state index in [-0.39, 0.29) is 17.1 Å². The number of likely N-dealkylation sites (tertiary alicyclic amines) is 1. The Balaban J connectivity index is 1.70. The highest BCUT2D eigenvalue weighted by molar-refractivity contribution is 5.72. The van der Waals surface area contributed by atoms with Crippen LogP contribution >= 0.6 is 0 Å². The highest BCUT2D eigenvalue weighted by Gasteiger charge is 2.79. The Morgan fingerprint density at radius 1 is 1.22 bits per heavy atom. The number of likely N-dealkylation sites (N-methyl/N-ethyl adjacent to an activating group) is 1. The standard InChI is InChI=1S/C19H19NO3/c1-20-16-11-5-7-13(22-3)17-19(11)9-18(16,20)8-10-4-6-12(21-2)15(23-17)14(10)19/h4-7,16-17H,8-9H2,1-3H3/t16-,17-,18?,19+,20?/m1/s1. The van der Waals surface area contributed by atoms with Gasteiger partial charge in [-0.05, 0) is 43.2 Å². The van der Waals surface area contributed by atoms with Crippen LogP contribution in [0, 0.1) is 0 Å².